The van der Waals surface area contributed by atoms with E-state index < -0.39 is 5.82 Å². The summed E-state index contributed by atoms with van der Waals surface area (Å²) >= 11 is 0. The summed E-state index contributed by atoms with van der Waals surface area (Å²) in [6.45, 7) is 6.02. The van der Waals surface area contributed by atoms with Gasteiger partial charge >= 0.3 is 0 Å². The van der Waals surface area contributed by atoms with Gasteiger partial charge in [-0.2, -0.15) is 0 Å². The standard InChI is InChI=1S/C24H24F2N6O/c1-14-22-24(29-15(2)28-14)32(23(30-22)18-8-19(25)11-27-10-18)12-17-5-4-16(9-20(17)26)21-13-31(3)6-7-33-21/h4-5,8-11,21H,6-7,12-13H2,1-3H3. The number of hydrogen-bond donors (Lipinski definition) is 0. The van der Waals surface area contributed by atoms with Crippen molar-refractivity contribution in [3.05, 3.63) is 70.9 Å². The van der Waals surface area contributed by atoms with Crippen LogP contribution in [-0.4, -0.2) is 56.1 Å². The third-order valence-electron chi connectivity index (χ3n) is 5.89. The highest BCUT2D eigenvalue weighted by Crippen LogP contribution is 2.28. The molecular formula is C24H24F2N6O. The second kappa shape index (κ2) is 8.57. The lowest BCUT2D eigenvalue weighted by Gasteiger charge is -2.30. The number of nitrogens with zero attached hydrogens (tertiary/aromatic N) is 6. The third-order valence-corrected chi connectivity index (χ3v) is 5.89. The lowest BCUT2D eigenvalue weighted by atomic mass is 10.0. The Morgan fingerprint density at radius 2 is 1.94 bits per heavy atom. The summed E-state index contributed by atoms with van der Waals surface area (Å²) < 4.78 is 36.8. The number of hydrogen-bond acceptors (Lipinski definition) is 6. The average Bonchev–Trinajstić information content (AvgIpc) is 3.14. The Bertz CT molecular complexity index is 1340. The molecule has 1 unspecified atom stereocenters. The van der Waals surface area contributed by atoms with Crippen LogP contribution < -0.4 is 0 Å². The van der Waals surface area contributed by atoms with Crippen molar-refractivity contribution in [2.75, 3.05) is 26.7 Å². The predicted octanol–water partition coefficient (Wildman–Crippen LogP) is 3.83. The van der Waals surface area contributed by atoms with E-state index in [1.165, 1.54) is 18.3 Å². The zero-order valence-electron chi connectivity index (χ0n) is 18.7. The Morgan fingerprint density at radius 1 is 1.09 bits per heavy atom. The first-order valence-corrected chi connectivity index (χ1v) is 10.8. The lowest BCUT2D eigenvalue weighted by molar-refractivity contribution is -0.0210. The van der Waals surface area contributed by atoms with E-state index >= 15 is 4.39 Å². The first-order chi connectivity index (χ1) is 15.9. The number of aromatic nitrogens is 5. The molecule has 7 nitrogen and oxygen atoms in total. The molecular weight excluding hydrogens is 426 g/mol. The molecule has 1 atom stereocenters. The summed E-state index contributed by atoms with van der Waals surface area (Å²) in [6.07, 6.45) is 2.51. The number of benzene rings is 1. The number of imidazole rings is 1. The van der Waals surface area contributed by atoms with E-state index in [1.54, 1.807) is 17.6 Å². The smallest absolute Gasteiger partial charge is 0.164 e. The van der Waals surface area contributed by atoms with E-state index in [-0.39, 0.29) is 18.5 Å². The molecule has 1 aliphatic heterocycles. The van der Waals surface area contributed by atoms with Crippen molar-refractivity contribution in [2.45, 2.75) is 26.5 Å². The molecule has 33 heavy (non-hydrogen) atoms. The molecule has 1 aliphatic rings. The molecule has 0 aliphatic carbocycles. The SMILES string of the molecule is Cc1nc(C)c2nc(-c3cncc(F)c3)n(Cc3ccc(C4CN(C)CCO4)cc3F)c2n1. The molecule has 9 heteroatoms. The van der Waals surface area contributed by atoms with Crippen molar-refractivity contribution in [1.29, 1.82) is 0 Å². The number of likely N-dealkylation sites (N-methyl/N-ethyl adjacent to an activating group) is 1. The lowest BCUT2D eigenvalue weighted by Crippen LogP contribution is -2.35. The first kappa shape index (κ1) is 21.5. The minimum Gasteiger partial charge on any atom is -0.371 e. The zero-order valence-corrected chi connectivity index (χ0v) is 18.7. The van der Waals surface area contributed by atoms with Crippen molar-refractivity contribution in [3.63, 3.8) is 0 Å². The van der Waals surface area contributed by atoms with Crippen molar-refractivity contribution in [3.8, 4) is 11.4 Å². The van der Waals surface area contributed by atoms with Gasteiger partial charge in [-0.3, -0.25) is 4.98 Å². The average molecular weight is 450 g/mol. The van der Waals surface area contributed by atoms with Gasteiger partial charge in [0.05, 0.1) is 31.1 Å². The van der Waals surface area contributed by atoms with Crippen molar-refractivity contribution < 1.29 is 13.5 Å². The quantitative estimate of drug-likeness (QED) is 0.471. The Morgan fingerprint density at radius 3 is 2.70 bits per heavy atom. The highest BCUT2D eigenvalue weighted by Gasteiger charge is 2.22. The molecule has 3 aromatic heterocycles. The van der Waals surface area contributed by atoms with Gasteiger partial charge in [0.1, 0.15) is 28.8 Å². The summed E-state index contributed by atoms with van der Waals surface area (Å²) in [5.74, 6) is 0.232. The third kappa shape index (κ3) is 4.21. The van der Waals surface area contributed by atoms with E-state index in [0.717, 1.165) is 24.8 Å². The number of aryl methyl sites for hydroxylation is 2. The van der Waals surface area contributed by atoms with Crippen molar-refractivity contribution in [1.82, 2.24) is 29.4 Å². The number of pyridine rings is 1. The summed E-state index contributed by atoms with van der Waals surface area (Å²) in [5, 5.41) is 0. The van der Waals surface area contributed by atoms with E-state index in [4.69, 9.17) is 4.74 Å². The molecule has 5 rings (SSSR count). The summed E-state index contributed by atoms with van der Waals surface area (Å²) in [6, 6.07) is 6.56. The fraction of sp³-hybridized carbons (Fsp3) is 0.333. The molecule has 0 bridgehead atoms. The summed E-state index contributed by atoms with van der Waals surface area (Å²) in [5.41, 5.74) is 3.64. The van der Waals surface area contributed by atoms with Gasteiger partial charge in [-0.1, -0.05) is 12.1 Å². The molecule has 0 saturated carbocycles. The fourth-order valence-electron chi connectivity index (χ4n) is 4.22. The summed E-state index contributed by atoms with van der Waals surface area (Å²) in [7, 11) is 2.03. The number of rotatable bonds is 4. The van der Waals surface area contributed by atoms with Gasteiger partial charge in [-0.15, -0.1) is 0 Å². The maximum atomic E-state index is 15.2. The highest BCUT2D eigenvalue weighted by atomic mass is 19.1. The molecule has 1 saturated heterocycles. The minimum absolute atomic E-state index is 0.159. The Labute approximate surface area is 190 Å². The Kier molecular flexibility index (Phi) is 5.59. The number of fused-ring (bicyclic) bond motifs is 1. The van der Waals surface area contributed by atoms with Crippen LogP contribution in [0.2, 0.25) is 0 Å². The molecule has 0 radical (unpaired) electrons. The fourth-order valence-corrected chi connectivity index (χ4v) is 4.22. The van der Waals surface area contributed by atoms with Crippen LogP contribution in [-0.2, 0) is 11.3 Å². The molecule has 170 valence electrons. The highest BCUT2D eigenvalue weighted by molar-refractivity contribution is 5.79. The van der Waals surface area contributed by atoms with Gasteiger partial charge in [0.25, 0.3) is 0 Å². The van der Waals surface area contributed by atoms with Gasteiger partial charge in [0.15, 0.2) is 5.65 Å². The van der Waals surface area contributed by atoms with Gasteiger partial charge in [-0.25, -0.2) is 23.7 Å². The predicted molar refractivity (Wildman–Crippen MR) is 120 cm³/mol. The first-order valence-electron chi connectivity index (χ1n) is 10.8. The topological polar surface area (TPSA) is 69.0 Å². The maximum Gasteiger partial charge on any atom is 0.164 e. The van der Waals surface area contributed by atoms with E-state index in [9.17, 15) is 4.39 Å². The Hall–Kier alpha value is -3.30. The number of morpholine rings is 1. The zero-order chi connectivity index (χ0) is 23.1. The van der Waals surface area contributed by atoms with Crippen LogP contribution >= 0.6 is 0 Å². The van der Waals surface area contributed by atoms with Gasteiger partial charge in [0.2, 0.25) is 0 Å². The second-order valence-corrected chi connectivity index (χ2v) is 8.41. The van der Waals surface area contributed by atoms with Crippen LogP contribution in [0.5, 0.6) is 0 Å². The van der Waals surface area contributed by atoms with Crippen molar-refractivity contribution in [2.24, 2.45) is 0 Å². The van der Waals surface area contributed by atoms with Crippen LogP contribution in [0.3, 0.4) is 0 Å². The van der Waals surface area contributed by atoms with Gasteiger partial charge in [-0.05, 0) is 38.6 Å². The van der Waals surface area contributed by atoms with E-state index in [1.807, 2.05) is 20.0 Å². The summed E-state index contributed by atoms with van der Waals surface area (Å²) in [4.78, 5) is 19.7. The molecule has 1 aromatic carbocycles. The monoisotopic (exact) mass is 450 g/mol. The second-order valence-electron chi connectivity index (χ2n) is 8.41. The Balaban J connectivity index is 1.57. The van der Waals surface area contributed by atoms with Gasteiger partial charge in [0, 0.05) is 30.4 Å². The normalized spacial score (nSPS) is 17.1. The molecule has 4 heterocycles. The van der Waals surface area contributed by atoms with Crippen LogP contribution in [0.4, 0.5) is 8.78 Å². The van der Waals surface area contributed by atoms with Crippen molar-refractivity contribution >= 4 is 11.2 Å². The molecule has 0 N–H and O–H groups in total. The van der Waals surface area contributed by atoms with Gasteiger partial charge < -0.3 is 14.2 Å². The van der Waals surface area contributed by atoms with E-state index in [0.29, 0.717) is 46.2 Å². The van der Waals surface area contributed by atoms with Crippen LogP contribution in [0.1, 0.15) is 28.7 Å². The minimum atomic E-state index is -0.474. The molecule has 0 spiro atoms. The van der Waals surface area contributed by atoms with Crippen LogP contribution in [0.15, 0.2) is 36.7 Å². The van der Waals surface area contributed by atoms with E-state index in [2.05, 4.69) is 24.8 Å². The number of ether oxygens (including phenoxy) is 1. The van der Waals surface area contributed by atoms with Crippen LogP contribution in [0, 0.1) is 25.5 Å². The number of halogens is 2. The molecule has 0 amide bonds. The molecule has 1 fully saturated rings. The van der Waals surface area contributed by atoms with Crippen LogP contribution in [0.25, 0.3) is 22.6 Å². The largest absolute Gasteiger partial charge is 0.371 e. The molecule has 4 aromatic rings. The maximum absolute atomic E-state index is 15.2.